The summed E-state index contributed by atoms with van der Waals surface area (Å²) in [6, 6.07) is 5.64. The summed E-state index contributed by atoms with van der Waals surface area (Å²) < 4.78 is 55.0. The van der Waals surface area contributed by atoms with E-state index in [1.807, 2.05) is 0 Å². The third-order valence-electron chi connectivity index (χ3n) is 5.44. The van der Waals surface area contributed by atoms with Gasteiger partial charge in [0.25, 0.3) is 5.91 Å². The van der Waals surface area contributed by atoms with E-state index in [0.29, 0.717) is 13.1 Å². The summed E-state index contributed by atoms with van der Waals surface area (Å²) in [5.41, 5.74) is 0.562. The number of nitrogens with zero attached hydrogens (tertiary/aromatic N) is 4. The maximum absolute atomic E-state index is 13.3. The van der Waals surface area contributed by atoms with Crippen LogP contribution in [0.5, 0.6) is 0 Å². The fourth-order valence-electron chi connectivity index (χ4n) is 3.73. The molecule has 1 aliphatic rings. The van der Waals surface area contributed by atoms with Gasteiger partial charge in [-0.25, -0.2) is 21.1 Å². The Bertz CT molecular complexity index is 1190. The molecule has 9 nitrogen and oxygen atoms in total. The molecule has 170 valence electrons. The van der Waals surface area contributed by atoms with Gasteiger partial charge in [0.1, 0.15) is 4.90 Å². The van der Waals surface area contributed by atoms with Crippen LogP contribution in [-0.4, -0.2) is 68.3 Å². The minimum atomic E-state index is -3.79. The summed E-state index contributed by atoms with van der Waals surface area (Å²) >= 11 is 0. The van der Waals surface area contributed by atoms with Crippen molar-refractivity contribution in [1.82, 2.24) is 18.4 Å². The molecule has 0 radical (unpaired) electrons. The molecule has 0 unspecified atom stereocenters. The first-order chi connectivity index (χ1) is 14.5. The van der Waals surface area contributed by atoms with Crippen LogP contribution in [0.1, 0.15) is 47.4 Å². The van der Waals surface area contributed by atoms with Gasteiger partial charge in [0.2, 0.25) is 20.0 Å². The first kappa shape index (κ1) is 23.6. The number of sulfonamides is 2. The van der Waals surface area contributed by atoms with Gasteiger partial charge in [0, 0.05) is 32.7 Å². The van der Waals surface area contributed by atoms with Crippen LogP contribution in [0.3, 0.4) is 0 Å². The Hall–Kier alpha value is -2.08. The summed E-state index contributed by atoms with van der Waals surface area (Å²) in [6.45, 7) is 4.01. The molecule has 0 N–H and O–H groups in total. The first-order valence-corrected chi connectivity index (χ1v) is 13.0. The highest BCUT2D eigenvalue weighted by Gasteiger charge is 2.32. The molecule has 3 rings (SSSR count). The van der Waals surface area contributed by atoms with Crippen LogP contribution < -0.4 is 0 Å². The van der Waals surface area contributed by atoms with Crippen LogP contribution in [0.15, 0.2) is 34.1 Å². The second-order valence-corrected chi connectivity index (χ2v) is 11.9. The lowest BCUT2D eigenvalue weighted by atomic mass is 10.2. The van der Waals surface area contributed by atoms with E-state index in [4.69, 9.17) is 0 Å². The van der Waals surface area contributed by atoms with Crippen molar-refractivity contribution >= 4 is 26.0 Å². The molecule has 0 saturated carbocycles. The number of carbonyl (C=O) groups is 1. The predicted molar refractivity (Wildman–Crippen MR) is 116 cm³/mol. The van der Waals surface area contributed by atoms with Gasteiger partial charge in [-0.3, -0.25) is 4.79 Å². The van der Waals surface area contributed by atoms with Crippen molar-refractivity contribution in [2.45, 2.75) is 49.3 Å². The molecule has 1 aromatic carbocycles. The molecule has 0 bridgehead atoms. The summed E-state index contributed by atoms with van der Waals surface area (Å²) in [5, 5.41) is 4.20. The van der Waals surface area contributed by atoms with Crippen molar-refractivity contribution in [1.29, 1.82) is 0 Å². The zero-order valence-corrected chi connectivity index (χ0v) is 19.8. The van der Waals surface area contributed by atoms with Gasteiger partial charge in [-0.15, -0.1) is 0 Å². The molecule has 0 spiro atoms. The standard InChI is InChI=1S/C20H28N4O5S2/c1-15-19(31(28,29)23-12-7-5-6-8-13-23)16(2)24(21-15)20(25)17-10-9-11-18(14-17)30(26,27)22(3)4/h9-11,14H,5-8,12-13H2,1-4H3. The second kappa shape index (κ2) is 8.81. The van der Waals surface area contributed by atoms with Crippen LogP contribution in [-0.2, 0) is 20.0 Å². The lowest BCUT2D eigenvalue weighted by Gasteiger charge is -2.20. The van der Waals surface area contributed by atoms with E-state index in [0.717, 1.165) is 34.7 Å². The van der Waals surface area contributed by atoms with Gasteiger partial charge < -0.3 is 0 Å². The van der Waals surface area contributed by atoms with E-state index in [-0.39, 0.29) is 26.7 Å². The van der Waals surface area contributed by atoms with Crippen LogP contribution >= 0.6 is 0 Å². The first-order valence-electron chi connectivity index (χ1n) is 10.1. The fourth-order valence-corrected chi connectivity index (χ4v) is 6.55. The van der Waals surface area contributed by atoms with Gasteiger partial charge in [-0.05, 0) is 44.9 Å². The number of benzene rings is 1. The lowest BCUT2D eigenvalue weighted by molar-refractivity contribution is 0.0942. The normalized spacial score (nSPS) is 16.4. The molecule has 0 amide bonds. The highest BCUT2D eigenvalue weighted by atomic mass is 32.2. The number of hydrogen-bond donors (Lipinski definition) is 0. The van der Waals surface area contributed by atoms with Gasteiger partial charge in [-0.2, -0.15) is 14.1 Å². The molecule has 2 aromatic rings. The average Bonchev–Trinajstić information content (AvgIpc) is 2.90. The third-order valence-corrected chi connectivity index (χ3v) is 9.40. The maximum Gasteiger partial charge on any atom is 0.278 e. The van der Waals surface area contributed by atoms with Gasteiger partial charge in [0.05, 0.1) is 16.3 Å². The molecule has 1 fully saturated rings. The Balaban J connectivity index is 2.02. The predicted octanol–water partition coefficient (Wildman–Crippen LogP) is 2.00. The van der Waals surface area contributed by atoms with E-state index >= 15 is 0 Å². The van der Waals surface area contributed by atoms with Gasteiger partial charge >= 0.3 is 0 Å². The van der Waals surface area contributed by atoms with Gasteiger partial charge in [0.15, 0.2) is 0 Å². The lowest BCUT2D eigenvalue weighted by Crippen LogP contribution is -2.32. The molecule has 1 aliphatic heterocycles. The van der Waals surface area contributed by atoms with E-state index in [1.54, 1.807) is 13.8 Å². The van der Waals surface area contributed by atoms with Crippen molar-refractivity contribution in [3.05, 3.63) is 41.2 Å². The number of rotatable bonds is 5. The topological polar surface area (TPSA) is 110 Å². The quantitative estimate of drug-likeness (QED) is 0.664. The Morgan fingerprint density at radius 3 is 2.19 bits per heavy atom. The largest absolute Gasteiger partial charge is 0.278 e. The average molecular weight is 469 g/mol. The molecule has 0 atom stereocenters. The molecule has 11 heteroatoms. The summed E-state index contributed by atoms with van der Waals surface area (Å²) in [4.78, 5) is 13.1. The highest BCUT2D eigenvalue weighted by molar-refractivity contribution is 7.89. The van der Waals surface area contributed by atoms with Crippen molar-refractivity contribution in [2.75, 3.05) is 27.2 Å². The molecule has 1 saturated heterocycles. The SMILES string of the molecule is Cc1nn(C(=O)c2cccc(S(=O)(=O)N(C)C)c2)c(C)c1S(=O)(=O)N1CCCCCC1. The van der Waals surface area contributed by atoms with E-state index in [9.17, 15) is 21.6 Å². The molecule has 2 heterocycles. The number of carbonyl (C=O) groups excluding carboxylic acids is 1. The Morgan fingerprint density at radius 2 is 1.61 bits per heavy atom. The third kappa shape index (κ3) is 4.45. The minimum Gasteiger partial charge on any atom is -0.267 e. The number of aryl methyl sites for hydroxylation is 1. The summed E-state index contributed by atoms with van der Waals surface area (Å²) in [7, 11) is -4.69. The Morgan fingerprint density at radius 1 is 1.00 bits per heavy atom. The molecule has 0 aliphatic carbocycles. The minimum absolute atomic E-state index is 0.0257. The van der Waals surface area contributed by atoms with E-state index in [2.05, 4.69) is 5.10 Å². The van der Waals surface area contributed by atoms with Crippen molar-refractivity contribution < 1.29 is 21.6 Å². The number of hydrogen-bond acceptors (Lipinski definition) is 6. The van der Waals surface area contributed by atoms with Gasteiger partial charge in [-0.1, -0.05) is 18.9 Å². The smallest absolute Gasteiger partial charge is 0.267 e. The molecule has 1 aromatic heterocycles. The zero-order valence-electron chi connectivity index (χ0n) is 18.2. The Kier molecular flexibility index (Phi) is 6.70. The van der Waals surface area contributed by atoms with Crippen LogP contribution in [0.2, 0.25) is 0 Å². The summed E-state index contributed by atoms with van der Waals surface area (Å²) in [6.07, 6.45) is 3.59. The van der Waals surface area contributed by atoms with Crippen LogP contribution in [0.4, 0.5) is 0 Å². The van der Waals surface area contributed by atoms with Crippen molar-refractivity contribution in [3.63, 3.8) is 0 Å². The molecule has 31 heavy (non-hydrogen) atoms. The monoisotopic (exact) mass is 468 g/mol. The molecular weight excluding hydrogens is 440 g/mol. The van der Waals surface area contributed by atoms with E-state index in [1.165, 1.54) is 42.7 Å². The zero-order chi connectivity index (χ0) is 23.0. The van der Waals surface area contributed by atoms with Crippen molar-refractivity contribution in [2.24, 2.45) is 0 Å². The van der Waals surface area contributed by atoms with E-state index < -0.39 is 26.0 Å². The highest BCUT2D eigenvalue weighted by Crippen LogP contribution is 2.26. The Labute approximate surface area is 183 Å². The van der Waals surface area contributed by atoms with Crippen molar-refractivity contribution in [3.8, 4) is 0 Å². The number of aromatic nitrogens is 2. The second-order valence-electron chi connectivity index (χ2n) is 7.85. The molecular formula is C20H28N4O5S2. The van der Waals surface area contributed by atoms with Crippen LogP contribution in [0, 0.1) is 13.8 Å². The maximum atomic E-state index is 13.3. The fraction of sp³-hybridized carbons (Fsp3) is 0.500. The summed E-state index contributed by atoms with van der Waals surface area (Å²) in [5.74, 6) is -0.589. The van der Waals surface area contributed by atoms with Crippen LogP contribution in [0.25, 0.3) is 0 Å².